The molecule has 0 atom stereocenters. The molecule has 1 aromatic carbocycles. The van der Waals surface area contributed by atoms with Crippen molar-refractivity contribution in [3.8, 4) is 5.75 Å². The molecule has 0 saturated heterocycles. The highest BCUT2D eigenvalue weighted by molar-refractivity contribution is 7.11. The predicted octanol–water partition coefficient (Wildman–Crippen LogP) is 2.84. The van der Waals surface area contributed by atoms with Gasteiger partial charge in [-0.3, -0.25) is 0 Å². The van der Waals surface area contributed by atoms with Crippen LogP contribution in [0.2, 0.25) is 0 Å². The number of ether oxygens (including phenoxy) is 1. The quantitative estimate of drug-likeness (QED) is 0.901. The van der Waals surface area contributed by atoms with Crippen molar-refractivity contribution in [3.63, 3.8) is 0 Å². The maximum Gasteiger partial charge on any atom is 0.140 e. The van der Waals surface area contributed by atoms with E-state index in [-0.39, 0.29) is 0 Å². The van der Waals surface area contributed by atoms with Gasteiger partial charge in [0.1, 0.15) is 17.4 Å². The zero-order valence-electron chi connectivity index (χ0n) is 10.8. The van der Waals surface area contributed by atoms with Gasteiger partial charge in [0.15, 0.2) is 0 Å². The molecule has 4 heteroatoms. The molecule has 3 nitrogen and oxygen atoms in total. The summed E-state index contributed by atoms with van der Waals surface area (Å²) >= 11 is 1.69. The van der Waals surface area contributed by atoms with Crippen LogP contribution < -0.4 is 10.5 Å². The molecule has 0 amide bonds. The summed E-state index contributed by atoms with van der Waals surface area (Å²) in [7, 11) is 0. The number of benzene rings is 1. The Labute approximate surface area is 112 Å². The van der Waals surface area contributed by atoms with Gasteiger partial charge < -0.3 is 10.5 Å². The second-order valence-corrected chi connectivity index (χ2v) is 5.42. The zero-order valence-corrected chi connectivity index (χ0v) is 11.6. The molecule has 1 heterocycles. The molecule has 0 spiro atoms. The molecule has 0 unspecified atom stereocenters. The number of thiazole rings is 1. The molecule has 0 bridgehead atoms. The molecule has 0 aliphatic carbocycles. The Balaban J connectivity index is 1.97. The van der Waals surface area contributed by atoms with Gasteiger partial charge in [-0.05, 0) is 38.9 Å². The summed E-state index contributed by atoms with van der Waals surface area (Å²) in [5.41, 5.74) is 7.88. The van der Waals surface area contributed by atoms with E-state index in [1.165, 1.54) is 10.4 Å². The minimum Gasteiger partial charge on any atom is -0.486 e. The fraction of sp³-hybridized carbons (Fsp3) is 0.357. The second-order valence-electron chi connectivity index (χ2n) is 4.26. The summed E-state index contributed by atoms with van der Waals surface area (Å²) in [4.78, 5) is 5.76. The van der Waals surface area contributed by atoms with Crippen LogP contribution >= 0.6 is 11.3 Å². The normalized spacial score (nSPS) is 10.6. The molecule has 2 rings (SSSR count). The standard InChI is InChI=1S/C14H18N2OS/c1-10-3-5-12(6-4-10)17-9-14-16-11(2)13(18-14)7-8-15/h3-6H,7-9,15H2,1-2H3. The Morgan fingerprint density at radius 2 is 1.94 bits per heavy atom. The van der Waals surface area contributed by atoms with Gasteiger partial charge in [0.2, 0.25) is 0 Å². The number of nitrogens with two attached hydrogens (primary N) is 1. The van der Waals surface area contributed by atoms with Crippen molar-refractivity contribution >= 4 is 11.3 Å². The summed E-state index contributed by atoms with van der Waals surface area (Å²) < 4.78 is 5.71. The lowest BCUT2D eigenvalue weighted by Gasteiger charge is -2.03. The van der Waals surface area contributed by atoms with Gasteiger partial charge in [-0.2, -0.15) is 0 Å². The molecule has 0 saturated carbocycles. The maximum absolute atomic E-state index is 5.71. The average molecular weight is 262 g/mol. The zero-order chi connectivity index (χ0) is 13.0. The van der Waals surface area contributed by atoms with Crippen molar-refractivity contribution in [2.24, 2.45) is 5.73 Å². The van der Waals surface area contributed by atoms with E-state index in [9.17, 15) is 0 Å². The first kappa shape index (κ1) is 13.1. The molecule has 1 aromatic heterocycles. The molecular weight excluding hydrogens is 244 g/mol. The molecule has 96 valence electrons. The topological polar surface area (TPSA) is 48.1 Å². The van der Waals surface area contributed by atoms with E-state index in [0.717, 1.165) is 22.9 Å². The fourth-order valence-electron chi connectivity index (χ4n) is 1.69. The van der Waals surface area contributed by atoms with Crippen LogP contribution in [-0.4, -0.2) is 11.5 Å². The Morgan fingerprint density at radius 3 is 2.61 bits per heavy atom. The maximum atomic E-state index is 5.71. The van der Waals surface area contributed by atoms with Gasteiger partial charge in [-0.25, -0.2) is 4.98 Å². The molecule has 18 heavy (non-hydrogen) atoms. The molecule has 0 radical (unpaired) electrons. The van der Waals surface area contributed by atoms with Crippen molar-refractivity contribution < 1.29 is 4.74 Å². The van der Waals surface area contributed by atoms with Crippen molar-refractivity contribution in [1.82, 2.24) is 4.98 Å². The van der Waals surface area contributed by atoms with Gasteiger partial charge in [0, 0.05) is 4.88 Å². The Morgan fingerprint density at radius 1 is 1.22 bits per heavy atom. The Hall–Kier alpha value is -1.39. The number of hydrogen-bond acceptors (Lipinski definition) is 4. The smallest absolute Gasteiger partial charge is 0.140 e. The summed E-state index contributed by atoms with van der Waals surface area (Å²) in [6.45, 7) is 5.28. The molecule has 0 aliphatic rings. The summed E-state index contributed by atoms with van der Waals surface area (Å²) in [5.74, 6) is 0.883. The largest absolute Gasteiger partial charge is 0.486 e. The lowest BCUT2D eigenvalue weighted by Crippen LogP contribution is -2.01. The van der Waals surface area contributed by atoms with Crippen LogP contribution in [0.4, 0.5) is 0 Å². The van der Waals surface area contributed by atoms with Gasteiger partial charge in [-0.15, -0.1) is 11.3 Å². The van der Waals surface area contributed by atoms with Crippen molar-refractivity contribution in [3.05, 3.63) is 45.4 Å². The fourth-order valence-corrected chi connectivity index (χ4v) is 2.69. The minimum absolute atomic E-state index is 0.527. The molecule has 0 aliphatic heterocycles. The number of nitrogens with zero attached hydrogens (tertiary/aromatic N) is 1. The first-order chi connectivity index (χ1) is 8.69. The number of aryl methyl sites for hydroxylation is 2. The average Bonchev–Trinajstić information content (AvgIpc) is 2.70. The van der Waals surface area contributed by atoms with Crippen molar-refractivity contribution in [1.29, 1.82) is 0 Å². The lowest BCUT2D eigenvalue weighted by atomic mass is 10.2. The SMILES string of the molecule is Cc1ccc(OCc2nc(C)c(CCN)s2)cc1. The number of rotatable bonds is 5. The van der Waals surface area contributed by atoms with Crippen LogP contribution in [0.1, 0.15) is 21.1 Å². The van der Waals surface area contributed by atoms with Crippen molar-refractivity contribution in [2.45, 2.75) is 26.9 Å². The van der Waals surface area contributed by atoms with E-state index >= 15 is 0 Å². The van der Waals surface area contributed by atoms with Crippen LogP contribution in [0, 0.1) is 13.8 Å². The lowest BCUT2D eigenvalue weighted by molar-refractivity contribution is 0.305. The van der Waals surface area contributed by atoms with Crippen LogP contribution in [0.15, 0.2) is 24.3 Å². The van der Waals surface area contributed by atoms with Gasteiger partial charge in [0.25, 0.3) is 0 Å². The molecule has 0 fully saturated rings. The molecular formula is C14H18N2OS. The number of hydrogen-bond donors (Lipinski definition) is 1. The third kappa shape index (κ3) is 3.31. The summed E-state index contributed by atoms with van der Waals surface area (Å²) in [6, 6.07) is 8.05. The first-order valence-electron chi connectivity index (χ1n) is 6.03. The van der Waals surface area contributed by atoms with Crippen LogP contribution in [0.5, 0.6) is 5.75 Å². The highest BCUT2D eigenvalue weighted by atomic mass is 32.1. The third-order valence-corrected chi connectivity index (χ3v) is 3.88. The van der Waals surface area contributed by atoms with Crippen molar-refractivity contribution in [2.75, 3.05) is 6.54 Å². The van der Waals surface area contributed by atoms with E-state index in [1.54, 1.807) is 11.3 Å². The monoisotopic (exact) mass is 262 g/mol. The number of aromatic nitrogens is 1. The van der Waals surface area contributed by atoms with Crippen LogP contribution in [0.25, 0.3) is 0 Å². The predicted molar refractivity (Wildman–Crippen MR) is 75.1 cm³/mol. The second kappa shape index (κ2) is 5.98. The van der Waals surface area contributed by atoms with Gasteiger partial charge in [-0.1, -0.05) is 17.7 Å². The van der Waals surface area contributed by atoms with Crippen LogP contribution in [-0.2, 0) is 13.0 Å². The molecule has 2 aromatic rings. The summed E-state index contributed by atoms with van der Waals surface area (Å²) in [5, 5.41) is 1.01. The third-order valence-electron chi connectivity index (χ3n) is 2.69. The summed E-state index contributed by atoms with van der Waals surface area (Å²) in [6.07, 6.45) is 0.897. The highest BCUT2D eigenvalue weighted by Gasteiger charge is 2.07. The highest BCUT2D eigenvalue weighted by Crippen LogP contribution is 2.20. The Bertz CT molecular complexity index is 505. The van der Waals surface area contributed by atoms with E-state index < -0.39 is 0 Å². The first-order valence-corrected chi connectivity index (χ1v) is 6.85. The molecule has 2 N–H and O–H groups in total. The van der Waals surface area contributed by atoms with Crippen LogP contribution in [0.3, 0.4) is 0 Å². The minimum atomic E-state index is 0.527. The van der Waals surface area contributed by atoms with Gasteiger partial charge in [0.05, 0.1) is 5.69 Å². The van der Waals surface area contributed by atoms with Gasteiger partial charge >= 0.3 is 0 Å². The van der Waals surface area contributed by atoms with E-state index in [0.29, 0.717) is 13.2 Å². The van der Waals surface area contributed by atoms with E-state index in [4.69, 9.17) is 10.5 Å². The van der Waals surface area contributed by atoms with E-state index in [1.807, 2.05) is 31.2 Å². The Kier molecular flexibility index (Phi) is 4.33. The van der Waals surface area contributed by atoms with E-state index in [2.05, 4.69) is 11.9 Å².